The smallest absolute Gasteiger partial charge is 0.113 e. The lowest BCUT2D eigenvalue weighted by atomic mass is 9.98. The molecule has 0 bridgehead atoms. The van der Waals surface area contributed by atoms with Gasteiger partial charge >= 0.3 is 0 Å². The van der Waals surface area contributed by atoms with Crippen molar-refractivity contribution in [2.24, 2.45) is 5.92 Å². The Morgan fingerprint density at radius 1 is 1.00 bits per heavy atom. The highest BCUT2D eigenvalue weighted by Gasteiger charge is 2.13. The van der Waals surface area contributed by atoms with Crippen molar-refractivity contribution >= 4 is 0 Å². The van der Waals surface area contributed by atoms with Gasteiger partial charge in [0.1, 0.15) is 5.69 Å². The fourth-order valence-corrected chi connectivity index (χ4v) is 3.53. The van der Waals surface area contributed by atoms with Crippen LogP contribution in [0.3, 0.4) is 0 Å². The maximum absolute atomic E-state index is 4.40. The molecule has 0 aliphatic heterocycles. The van der Waals surface area contributed by atoms with Gasteiger partial charge in [0, 0.05) is 17.7 Å². The number of nitrogens with zero attached hydrogens (tertiary/aromatic N) is 6. The molecule has 0 aliphatic carbocycles. The average Bonchev–Trinajstić information content (AvgIpc) is 3.37. The van der Waals surface area contributed by atoms with Gasteiger partial charge < -0.3 is 0 Å². The van der Waals surface area contributed by atoms with Crippen molar-refractivity contribution in [2.45, 2.75) is 40.3 Å². The van der Waals surface area contributed by atoms with E-state index >= 15 is 0 Å². The summed E-state index contributed by atoms with van der Waals surface area (Å²) < 4.78 is 3.87. The topological polar surface area (TPSA) is 61.4 Å². The number of hydrogen-bond acceptors (Lipinski definition) is 4. The molecule has 0 saturated heterocycles. The van der Waals surface area contributed by atoms with Crippen molar-refractivity contribution in [1.82, 2.24) is 30.0 Å². The summed E-state index contributed by atoms with van der Waals surface area (Å²) >= 11 is 0. The van der Waals surface area contributed by atoms with Crippen molar-refractivity contribution in [2.75, 3.05) is 0 Å². The van der Waals surface area contributed by atoms with Crippen LogP contribution in [0.25, 0.3) is 22.5 Å². The first-order valence-electron chi connectivity index (χ1n) is 10.1. The van der Waals surface area contributed by atoms with E-state index in [4.69, 9.17) is 0 Å². The van der Waals surface area contributed by atoms with E-state index in [0.29, 0.717) is 12.5 Å². The molecule has 0 spiro atoms. The summed E-state index contributed by atoms with van der Waals surface area (Å²) in [5.74, 6) is 0.537. The summed E-state index contributed by atoms with van der Waals surface area (Å²) in [6.45, 7) is 8.10. The number of aromatic nitrogens is 6. The highest BCUT2D eigenvalue weighted by atomic mass is 15.4. The molecule has 6 heteroatoms. The highest BCUT2D eigenvalue weighted by molar-refractivity contribution is 5.70. The van der Waals surface area contributed by atoms with E-state index in [9.17, 15) is 0 Å². The SMILES string of the molecule is CCc1cc(-c2cnnn2Cc2ccccc2)ccc1-c1cn(CC(C)C)nn1. The average molecular weight is 387 g/mol. The quantitative estimate of drug-likeness (QED) is 0.470. The Bertz CT molecular complexity index is 1080. The predicted octanol–water partition coefficient (Wildman–Crippen LogP) is 4.47. The zero-order valence-corrected chi connectivity index (χ0v) is 17.2. The Morgan fingerprint density at radius 2 is 1.83 bits per heavy atom. The second-order valence-electron chi connectivity index (χ2n) is 7.71. The predicted molar refractivity (Wildman–Crippen MR) is 114 cm³/mol. The van der Waals surface area contributed by atoms with Crippen LogP contribution in [0, 0.1) is 5.92 Å². The zero-order valence-electron chi connectivity index (χ0n) is 17.2. The Hall–Kier alpha value is -3.28. The Kier molecular flexibility index (Phi) is 5.51. The van der Waals surface area contributed by atoms with E-state index in [1.165, 1.54) is 11.1 Å². The van der Waals surface area contributed by atoms with Gasteiger partial charge in [-0.1, -0.05) is 73.7 Å². The molecule has 29 heavy (non-hydrogen) atoms. The van der Waals surface area contributed by atoms with Crippen molar-refractivity contribution < 1.29 is 0 Å². The molecular formula is C23H26N6. The molecule has 0 amide bonds. The number of hydrogen-bond donors (Lipinski definition) is 0. The maximum Gasteiger partial charge on any atom is 0.113 e. The van der Waals surface area contributed by atoms with Gasteiger partial charge in [-0.05, 0) is 29.5 Å². The monoisotopic (exact) mass is 386 g/mol. The van der Waals surface area contributed by atoms with Gasteiger partial charge in [-0.2, -0.15) is 0 Å². The second kappa shape index (κ2) is 8.39. The third-order valence-corrected chi connectivity index (χ3v) is 4.94. The summed E-state index contributed by atoms with van der Waals surface area (Å²) in [5.41, 5.74) is 6.62. The van der Waals surface area contributed by atoms with Gasteiger partial charge in [0.15, 0.2) is 0 Å². The third kappa shape index (κ3) is 4.26. The Labute approximate surface area is 171 Å². The molecule has 2 heterocycles. The van der Waals surface area contributed by atoms with E-state index < -0.39 is 0 Å². The summed E-state index contributed by atoms with van der Waals surface area (Å²) in [4.78, 5) is 0. The van der Waals surface area contributed by atoms with Crippen LogP contribution in [-0.4, -0.2) is 30.0 Å². The van der Waals surface area contributed by atoms with E-state index in [0.717, 1.165) is 35.5 Å². The molecule has 2 aromatic heterocycles. The lowest BCUT2D eigenvalue weighted by Crippen LogP contribution is -2.04. The molecule has 4 rings (SSSR count). The standard InChI is InChI=1S/C23H26N6/c1-4-19-12-20(10-11-21(19)22-16-28(27-25-22)14-17(2)3)23-13-24-26-29(23)15-18-8-6-5-7-9-18/h5-13,16-17H,4,14-15H2,1-3H3. The number of aryl methyl sites for hydroxylation is 1. The van der Waals surface area contributed by atoms with Crippen LogP contribution >= 0.6 is 0 Å². The van der Waals surface area contributed by atoms with Gasteiger partial charge in [0.2, 0.25) is 0 Å². The molecule has 0 radical (unpaired) electrons. The number of benzene rings is 2. The zero-order chi connectivity index (χ0) is 20.2. The largest absolute Gasteiger partial charge is 0.252 e. The van der Waals surface area contributed by atoms with Crippen molar-refractivity contribution in [3.05, 3.63) is 72.1 Å². The van der Waals surface area contributed by atoms with Gasteiger partial charge in [0.05, 0.1) is 24.6 Å². The summed E-state index contributed by atoms with van der Waals surface area (Å²) in [6.07, 6.45) is 4.78. The fourth-order valence-electron chi connectivity index (χ4n) is 3.53. The Morgan fingerprint density at radius 3 is 2.59 bits per heavy atom. The lowest BCUT2D eigenvalue weighted by molar-refractivity contribution is 0.472. The summed E-state index contributed by atoms with van der Waals surface area (Å²) in [5, 5.41) is 17.1. The Balaban J connectivity index is 1.64. The molecule has 0 atom stereocenters. The molecule has 2 aromatic carbocycles. The van der Waals surface area contributed by atoms with Crippen LogP contribution in [-0.2, 0) is 19.5 Å². The molecule has 148 valence electrons. The van der Waals surface area contributed by atoms with Gasteiger partial charge in [-0.3, -0.25) is 4.68 Å². The maximum atomic E-state index is 4.40. The van der Waals surface area contributed by atoms with Gasteiger partial charge in [-0.15, -0.1) is 10.2 Å². The molecule has 0 N–H and O–H groups in total. The molecule has 0 aliphatic rings. The van der Waals surface area contributed by atoms with Gasteiger partial charge in [-0.25, -0.2) is 4.68 Å². The minimum atomic E-state index is 0.537. The van der Waals surface area contributed by atoms with Crippen LogP contribution in [0.15, 0.2) is 60.9 Å². The van der Waals surface area contributed by atoms with E-state index in [1.807, 2.05) is 40.0 Å². The van der Waals surface area contributed by atoms with E-state index in [1.54, 1.807) is 0 Å². The highest BCUT2D eigenvalue weighted by Crippen LogP contribution is 2.28. The van der Waals surface area contributed by atoms with E-state index in [-0.39, 0.29) is 0 Å². The fraction of sp³-hybridized carbons (Fsp3) is 0.304. The molecule has 6 nitrogen and oxygen atoms in total. The normalized spacial score (nSPS) is 11.3. The molecule has 0 unspecified atom stereocenters. The second-order valence-corrected chi connectivity index (χ2v) is 7.71. The minimum absolute atomic E-state index is 0.537. The van der Waals surface area contributed by atoms with Crippen LogP contribution in [0.5, 0.6) is 0 Å². The third-order valence-electron chi connectivity index (χ3n) is 4.94. The molecular weight excluding hydrogens is 360 g/mol. The van der Waals surface area contributed by atoms with Crippen LogP contribution in [0.4, 0.5) is 0 Å². The van der Waals surface area contributed by atoms with E-state index in [2.05, 4.69) is 71.7 Å². The molecule has 0 saturated carbocycles. The van der Waals surface area contributed by atoms with Crippen molar-refractivity contribution in [3.8, 4) is 22.5 Å². The van der Waals surface area contributed by atoms with Crippen molar-refractivity contribution in [3.63, 3.8) is 0 Å². The first-order valence-corrected chi connectivity index (χ1v) is 10.1. The lowest BCUT2D eigenvalue weighted by Gasteiger charge is -2.10. The first-order chi connectivity index (χ1) is 14.1. The summed E-state index contributed by atoms with van der Waals surface area (Å²) in [7, 11) is 0. The van der Waals surface area contributed by atoms with Crippen LogP contribution in [0.2, 0.25) is 0 Å². The van der Waals surface area contributed by atoms with Crippen molar-refractivity contribution in [1.29, 1.82) is 0 Å². The first kappa shape index (κ1) is 19.1. The number of rotatable bonds is 7. The summed E-state index contributed by atoms with van der Waals surface area (Å²) in [6, 6.07) is 16.8. The molecule has 4 aromatic rings. The molecule has 0 fully saturated rings. The van der Waals surface area contributed by atoms with Gasteiger partial charge in [0.25, 0.3) is 0 Å². The van der Waals surface area contributed by atoms with Crippen LogP contribution in [0.1, 0.15) is 31.9 Å². The minimum Gasteiger partial charge on any atom is -0.252 e. The van der Waals surface area contributed by atoms with Crippen LogP contribution < -0.4 is 0 Å².